The zero-order valence-corrected chi connectivity index (χ0v) is 13.0. The second-order valence-corrected chi connectivity index (χ2v) is 5.81. The van der Waals surface area contributed by atoms with E-state index >= 15 is 0 Å². The number of benzene rings is 1. The number of para-hydroxylation sites is 1. The Bertz CT molecular complexity index is 415. The van der Waals surface area contributed by atoms with Crippen LogP contribution in [0.1, 0.15) is 32.1 Å². The van der Waals surface area contributed by atoms with Crippen LogP contribution in [-0.2, 0) is 4.79 Å². The van der Waals surface area contributed by atoms with Crippen molar-refractivity contribution in [3.63, 3.8) is 0 Å². The van der Waals surface area contributed by atoms with Gasteiger partial charge in [0.1, 0.15) is 0 Å². The number of hydrogen-bond donors (Lipinski definition) is 2. The van der Waals surface area contributed by atoms with Crippen LogP contribution in [0.2, 0.25) is 0 Å². The first-order valence-electron chi connectivity index (χ1n) is 8.02. The van der Waals surface area contributed by atoms with Crippen molar-refractivity contribution in [1.29, 1.82) is 0 Å². The number of anilines is 1. The zero-order chi connectivity index (χ0) is 14.9. The molecular formula is C17H27N3O. The lowest BCUT2D eigenvalue weighted by atomic mass is 10.1. The largest absolute Gasteiger partial charge is 0.375 e. The first-order valence-corrected chi connectivity index (χ1v) is 8.02. The minimum Gasteiger partial charge on any atom is -0.375 e. The molecule has 4 heteroatoms. The van der Waals surface area contributed by atoms with Crippen molar-refractivity contribution in [3.05, 3.63) is 30.3 Å². The Morgan fingerprint density at radius 3 is 2.86 bits per heavy atom. The average molecular weight is 289 g/mol. The monoisotopic (exact) mass is 289 g/mol. The fourth-order valence-corrected chi connectivity index (χ4v) is 2.74. The molecule has 2 rings (SSSR count). The van der Waals surface area contributed by atoms with Crippen LogP contribution >= 0.6 is 0 Å². The van der Waals surface area contributed by atoms with Crippen molar-refractivity contribution in [2.45, 2.75) is 38.1 Å². The number of amides is 1. The molecule has 1 atom stereocenters. The lowest BCUT2D eigenvalue weighted by molar-refractivity contribution is -0.121. The van der Waals surface area contributed by atoms with E-state index < -0.39 is 0 Å². The van der Waals surface area contributed by atoms with Gasteiger partial charge in [0.25, 0.3) is 0 Å². The number of carbonyl (C=O) groups is 1. The van der Waals surface area contributed by atoms with Crippen LogP contribution in [0.5, 0.6) is 0 Å². The molecule has 0 radical (unpaired) electrons. The Balaban J connectivity index is 1.52. The number of unbranched alkanes of at least 4 members (excludes halogenated alkanes) is 1. The van der Waals surface area contributed by atoms with E-state index in [0.29, 0.717) is 12.5 Å². The molecule has 0 bridgehead atoms. The maximum atomic E-state index is 11.8. The van der Waals surface area contributed by atoms with Crippen molar-refractivity contribution in [2.75, 3.05) is 31.6 Å². The Hall–Kier alpha value is -1.55. The van der Waals surface area contributed by atoms with E-state index in [4.69, 9.17) is 0 Å². The average Bonchev–Trinajstić information content (AvgIpc) is 3.00. The van der Waals surface area contributed by atoms with Gasteiger partial charge in [-0.3, -0.25) is 4.79 Å². The third kappa shape index (κ3) is 5.76. The predicted octanol–water partition coefficient (Wildman–Crippen LogP) is 2.16. The first-order chi connectivity index (χ1) is 10.3. The summed E-state index contributed by atoms with van der Waals surface area (Å²) >= 11 is 0. The van der Waals surface area contributed by atoms with Crippen molar-refractivity contribution in [1.82, 2.24) is 10.6 Å². The molecule has 0 aliphatic carbocycles. The standard InChI is InChI=1S/C17H27N3O/c1-20(16-9-3-2-4-10-16)13-6-5-11-19-17(21)14-15-8-7-12-18-15/h2-4,9-10,15,18H,5-8,11-14H2,1H3,(H,19,21). The molecule has 1 saturated heterocycles. The van der Waals surface area contributed by atoms with Gasteiger partial charge in [-0.2, -0.15) is 0 Å². The predicted molar refractivity (Wildman–Crippen MR) is 87.6 cm³/mol. The van der Waals surface area contributed by atoms with Gasteiger partial charge in [0, 0.05) is 38.3 Å². The minimum atomic E-state index is 0.186. The fourth-order valence-electron chi connectivity index (χ4n) is 2.74. The van der Waals surface area contributed by atoms with E-state index in [0.717, 1.165) is 38.9 Å². The van der Waals surface area contributed by atoms with Crippen molar-refractivity contribution in [2.24, 2.45) is 0 Å². The van der Waals surface area contributed by atoms with Gasteiger partial charge in [0.2, 0.25) is 5.91 Å². The van der Waals surface area contributed by atoms with E-state index in [1.165, 1.54) is 12.1 Å². The second-order valence-electron chi connectivity index (χ2n) is 5.81. The summed E-state index contributed by atoms with van der Waals surface area (Å²) < 4.78 is 0. The van der Waals surface area contributed by atoms with Gasteiger partial charge >= 0.3 is 0 Å². The molecular weight excluding hydrogens is 262 g/mol. The number of rotatable bonds is 8. The van der Waals surface area contributed by atoms with E-state index in [2.05, 4.69) is 46.8 Å². The maximum absolute atomic E-state index is 11.8. The number of carbonyl (C=O) groups excluding carboxylic acids is 1. The van der Waals surface area contributed by atoms with Gasteiger partial charge in [-0.25, -0.2) is 0 Å². The number of hydrogen-bond acceptors (Lipinski definition) is 3. The molecule has 1 unspecified atom stereocenters. The van der Waals surface area contributed by atoms with Crippen LogP contribution in [0.15, 0.2) is 30.3 Å². The molecule has 0 saturated carbocycles. The molecule has 116 valence electrons. The molecule has 0 spiro atoms. The van der Waals surface area contributed by atoms with E-state index in [1.807, 2.05) is 6.07 Å². The summed E-state index contributed by atoms with van der Waals surface area (Å²) in [6.07, 6.45) is 5.08. The van der Waals surface area contributed by atoms with Gasteiger partial charge in [-0.05, 0) is 44.4 Å². The molecule has 1 heterocycles. The lowest BCUT2D eigenvalue weighted by Crippen LogP contribution is -2.32. The van der Waals surface area contributed by atoms with E-state index in [9.17, 15) is 4.79 Å². The molecule has 2 N–H and O–H groups in total. The summed E-state index contributed by atoms with van der Waals surface area (Å²) in [4.78, 5) is 14.0. The van der Waals surface area contributed by atoms with Crippen LogP contribution in [0.3, 0.4) is 0 Å². The third-order valence-corrected chi connectivity index (χ3v) is 4.03. The zero-order valence-electron chi connectivity index (χ0n) is 13.0. The van der Waals surface area contributed by atoms with Crippen LogP contribution in [0.4, 0.5) is 5.69 Å². The molecule has 1 aliphatic rings. The molecule has 1 fully saturated rings. The topological polar surface area (TPSA) is 44.4 Å². The fraction of sp³-hybridized carbons (Fsp3) is 0.588. The van der Waals surface area contributed by atoms with Crippen LogP contribution in [0.25, 0.3) is 0 Å². The normalized spacial score (nSPS) is 17.7. The van der Waals surface area contributed by atoms with Crippen LogP contribution in [0, 0.1) is 0 Å². The SMILES string of the molecule is CN(CCCCNC(=O)CC1CCCN1)c1ccccc1. The van der Waals surface area contributed by atoms with Crippen molar-refractivity contribution >= 4 is 11.6 Å². The molecule has 1 amide bonds. The summed E-state index contributed by atoms with van der Waals surface area (Å²) in [5.74, 6) is 0.186. The summed E-state index contributed by atoms with van der Waals surface area (Å²) in [7, 11) is 2.11. The highest BCUT2D eigenvalue weighted by Gasteiger charge is 2.16. The van der Waals surface area contributed by atoms with Crippen molar-refractivity contribution in [3.8, 4) is 0 Å². The van der Waals surface area contributed by atoms with Gasteiger partial charge < -0.3 is 15.5 Å². The Morgan fingerprint density at radius 2 is 2.14 bits per heavy atom. The quantitative estimate of drug-likeness (QED) is 0.721. The van der Waals surface area contributed by atoms with Crippen LogP contribution < -0.4 is 15.5 Å². The summed E-state index contributed by atoms with van der Waals surface area (Å²) in [6, 6.07) is 10.8. The lowest BCUT2D eigenvalue weighted by Gasteiger charge is -2.19. The molecule has 21 heavy (non-hydrogen) atoms. The summed E-state index contributed by atoms with van der Waals surface area (Å²) in [6.45, 7) is 2.86. The molecule has 1 aromatic rings. The van der Waals surface area contributed by atoms with Crippen LogP contribution in [-0.4, -0.2) is 38.6 Å². The van der Waals surface area contributed by atoms with Gasteiger partial charge in [0.15, 0.2) is 0 Å². The molecule has 1 aromatic carbocycles. The van der Waals surface area contributed by atoms with Crippen molar-refractivity contribution < 1.29 is 4.79 Å². The maximum Gasteiger partial charge on any atom is 0.221 e. The Morgan fingerprint density at radius 1 is 1.33 bits per heavy atom. The Labute approximate surface area is 127 Å². The molecule has 1 aliphatic heterocycles. The highest BCUT2D eigenvalue weighted by molar-refractivity contribution is 5.76. The molecule has 0 aromatic heterocycles. The van der Waals surface area contributed by atoms with E-state index in [1.54, 1.807) is 0 Å². The highest BCUT2D eigenvalue weighted by atomic mass is 16.1. The third-order valence-electron chi connectivity index (χ3n) is 4.03. The van der Waals surface area contributed by atoms with Gasteiger partial charge in [-0.1, -0.05) is 18.2 Å². The first kappa shape index (κ1) is 15.8. The Kier molecular flexibility index (Phi) is 6.54. The number of nitrogens with zero attached hydrogens (tertiary/aromatic N) is 1. The van der Waals surface area contributed by atoms with Gasteiger partial charge in [0.05, 0.1) is 0 Å². The smallest absolute Gasteiger partial charge is 0.221 e. The molecule has 4 nitrogen and oxygen atoms in total. The van der Waals surface area contributed by atoms with Gasteiger partial charge in [-0.15, -0.1) is 0 Å². The highest BCUT2D eigenvalue weighted by Crippen LogP contribution is 2.11. The minimum absolute atomic E-state index is 0.186. The second kappa shape index (κ2) is 8.67. The summed E-state index contributed by atoms with van der Waals surface area (Å²) in [5.41, 5.74) is 1.24. The van der Waals surface area contributed by atoms with E-state index in [-0.39, 0.29) is 5.91 Å². The number of nitrogens with one attached hydrogen (secondary N) is 2. The summed E-state index contributed by atoms with van der Waals surface area (Å²) in [5, 5.41) is 6.38.